The molecule has 1 N–H and O–H groups in total. The van der Waals surface area contributed by atoms with Gasteiger partial charge in [-0.15, -0.1) is 0 Å². The van der Waals surface area contributed by atoms with Crippen LogP contribution >= 0.6 is 0 Å². The number of fused-ring (bicyclic) bond motifs is 1. The molecule has 2 aliphatic heterocycles. The first-order chi connectivity index (χ1) is 15.2. The first-order valence-electron chi connectivity index (χ1n) is 11.1. The van der Waals surface area contributed by atoms with E-state index in [2.05, 4.69) is 16.0 Å². The van der Waals surface area contributed by atoms with Crippen molar-refractivity contribution in [2.75, 3.05) is 33.4 Å². The Bertz CT molecular complexity index is 1050. The van der Waals surface area contributed by atoms with Crippen LogP contribution in [0.25, 0.3) is 11.2 Å². The first-order valence-corrected chi connectivity index (χ1v) is 11.1. The number of ether oxygens (including phenoxy) is 2. The topological polar surface area (TPSA) is 80.3 Å². The molecule has 0 aliphatic carbocycles. The van der Waals surface area contributed by atoms with E-state index in [9.17, 15) is 4.79 Å². The van der Waals surface area contributed by atoms with Crippen LogP contribution in [-0.2, 0) is 11.2 Å². The summed E-state index contributed by atoms with van der Waals surface area (Å²) in [6.07, 6.45) is 5.73. The summed E-state index contributed by atoms with van der Waals surface area (Å²) in [7, 11) is 1.63. The van der Waals surface area contributed by atoms with Crippen LogP contribution in [0, 0.1) is 5.92 Å². The van der Waals surface area contributed by atoms with Crippen molar-refractivity contribution in [2.45, 2.75) is 31.6 Å². The van der Waals surface area contributed by atoms with Crippen molar-refractivity contribution >= 4 is 17.1 Å². The fraction of sp³-hybridized carbons (Fsp3) is 0.458. The van der Waals surface area contributed by atoms with E-state index in [-0.39, 0.29) is 5.91 Å². The highest BCUT2D eigenvalue weighted by Crippen LogP contribution is 2.32. The zero-order valence-corrected chi connectivity index (χ0v) is 17.8. The van der Waals surface area contributed by atoms with Crippen molar-refractivity contribution in [1.29, 1.82) is 0 Å². The van der Waals surface area contributed by atoms with Crippen LogP contribution in [0.3, 0.4) is 0 Å². The predicted molar refractivity (Wildman–Crippen MR) is 117 cm³/mol. The number of likely N-dealkylation sites (tertiary alicyclic amines) is 1. The third kappa shape index (κ3) is 4.14. The lowest BCUT2D eigenvalue weighted by Crippen LogP contribution is -2.37. The second-order valence-corrected chi connectivity index (χ2v) is 8.51. The third-order valence-electron chi connectivity index (χ3n) is 6.54. The minimum atomic E-state index is 0.0867. The maximum atomic E-state index is 12.9. The number of piperidine rings is 1. The molecule has 0 bridgehead atoms. The molecule has 0 radical (unpaired) electrons. The van der Waals surface area contributed by atoms with Crippen molar-refractivity contribution in [2.24, 2.45) is 5.92 Å². The summed E-state index contributed by atoms with van der Waals surface area (Å²) in [6.45, 7) is 3.17. The molecule has 1 atom stereocenters. The second kappa shape index (κ2) is 8.67. The minimum Gasteiger partial charge on any atom is -0.497 e. The molecule has 0 spiro atoms. The molecule has 7 heteroatoms. The average Bonchev–Trinajstić information content (AvgIpc) is 3.48. The largest absolute Gasteiger partial charge is 0.497 e. The van der Waals surface area contributed by atoms with Crippen LogP contribution in [0.2, 0.25) is 0 Å². The van der Waals surface area contributed by atoms with E-state index in [1.807, 2.05) is 35.4 Å². The zero-order valence-electron chi connectivity index (χ0n) is 17.8. The summed E-state index contributed by atoms with van der Waals surface area (Å²) >= 11 is 0. The quantitative estimate of drug-likeness (QED) is 0.683. The number of hydrogen-bond donors (Lipinski definition) is 1. The van der Waals surface area contributed by atoms with Crippen LogP contribution in [0.15, 0.2) is 36.5 Å². The highest BCUT2D eigenvalue weighted by atomic mass is 16.5. The van der Waals surface area contributed by atoms with Gasteiger partial charge in [0.15, 0.2) is 5.65 Å². The summed E-state index contributed by atoms with van der Waals surface area (Å²) in [5.74, 6) is 2.78. The maximum Gasteiger partial charge on any atom is 0.253 e. The lowest BCUT2D eigenvalue weighted by molar-refractivity contribution is 0.0713. The fourth-order valence-electron chi connectivity index (χ4n) is 4.74. The highest BCUT2D eigenvalue weighted by Gasteiger charge is 2.27. The van der Waals surface area contributed by atoms with Crippen LogP contribution in [0.1, 0.15) is 46.9 Å². The lowest BCUT2D eigenvalue weighted by Gasteiger charge is -2.32. The molecular weight excluding hydrogens is 392 g/mol. The normalized spacial score (nSPS) is 19.8. The number of pyridine rings is 1. The number of benzene rings is 1. The van der Waals surface area contributed by atoms with Gasteiger partial charge in [-0.1, -0.05) is 0 Å². The standard InChI is InChI=1S/C24H28N4O3/c1-30-19-4-2-18(3-5-19)24(29)28-11-7-17(8-12-28)20-6-10-25-23-22(20)26-21(27-23)14-16-9-13-31-15-16/h2-6,10,16-17H,7-9,11-15H2,1H3,(H,25,26,27). The number of aromatic nitrogens is 3. The SMILES string of the molecule is COc1ccc(C(=O)N2CCC(c3ccnc4nc(CC5CCOC5)[nH]c34)CC2)cc1. The Hall–Kier alpha value is -2.93. The Balaban J connectivity index is 1.27. The van der Waals surface area contributed by atoms with Crippen molar-refractivity contribution in [3.8, 4) is 5.75 Å². The molecule has 2 saturated heterocycles. The highest BCUT2D eigenvalue weighted by molar-refractivity contribution is 5.94. The van der Waals surface area contributed by atoms with Gasteiger partial charge >= 0.3 is 0 Å². The number of H-pyrrole nitrogens is 1. The molecule has 1 aromatic carbocycles. The molecule has 4 heterocycles. The Morgan fingerprint density at radius 1 is 1.19 bits per heavy atom. The summed E-state index contributed by atoms with van der Waals surface area (Å²) in [5.41, 5.74) is 3.82. The molecule has 5 rings (SSSR count). The van der Waals surface area contributed by atoms with Crippen molar-refractivity contribution in [1.82, 2.24) is 19.9 Å². The van der Waals surface area contributed by atoms with Gasteiger partial charge in [-0.25, -0.2) is 9.97 Å². The number of amides is 1. The van der Waals surface area contributed by atoms with E-state index in [1.165, 1.54) is 5.56 Å². The Labute approximate surface area is 181 Å². The molecule has 2 aromatic heterocycles. The van der Waals surface area contributed by atoms with Gasteiger partial charge in [-0.2, -0.15) is 0 Å². The Morgan fingerprint density at radius 3 is 2.71 bits per heavy atom. The zero-order chi connectivity index (χ0) is 21.2. The summed E-state index contributed by atoms with van der Waals surface area (Å²) in [6, 6.07) is 9.44. The second-order valence-electron chi connectivity index (χ2n) is 8.51. The van der Waals surface area contributed by atoms with Gasteiger partial charge in [0.25, 0.3) is 5.91 Å². The van der Waals surface area contributed by atoms with Gasteiger partial charge in [-0.05, 0) is 67.0 Å². The molecule has 2 fully saturated rings. The average molecular weight is 421 g/mol. The molecule has 3 aromatic rings. The van der Waals surface area contributed by atoms with E-state index in [4.69, 9.17) is 14.5 Å². The molecule has 162 valence electrons. The number of carbonyl (C=O) groups is 1. The van der Waals surface area contributed by atoms with Gasteiger partial charge in [0, 0.05) is 44.5 Å². The molecule has 1 amide bonds. The van der Waals surface area contributed by atoms with E-state index in [1.54, 1.807) is 7.11 Å². The third-order valence-corrected chi connectivity index (χ3v) is 6.54. The van der Waals surface area contributed by atoms with E-state index in [0.717, 1.165) is 74.7 Å². The fourth-order valence-corrected chi connectivity index (χ4v) is 4.74. The van der Waals surface area contributed by atoms with E-state index >= 15 is 0 Å². The van der Waals surface area contributed by atoms with Crippen LogP contribution in [0.4, 0.5) is 0 Å². The number of imidazole rings is 1. The Kier molecular flexibility index (Phi) is 5.59. The number of rotatable bonds is 5. The molecule has 1 unspecified atom stereocenters. The lowest BCUT2D eigenvalue weighted by atomic mass is 9.89. The van der Waals surface area contributed by atoms with E-state index < -0.39 is 0 Å². The van der Waals surface area contributed by atoms with Gasteiger partial charge in [0.2, 0.25) is 0 Å². The smallest absolute Gasteiger partial charge is 0.253 e. The molecule has 31 heavy (non-hydrogen) atoms. The number of hydrogen-bond acceptors (Lipinski definition) is 5. The maximum absolute atomic E-state index is 12.9. The van der Waals surface area contributed by atoms with Crippen molar-refractivity contribution in [3.05, 3.63) is 53.5 Å². The number of nitrogens with one attached hydrogen (secondary N) is 1. The van der Waals surface area contributed by atoms with Crippen molar-refractivity contribution < 1.29 is 14.3 Å². The van der Waals surface area contributed by atoms with Gasteiger partial charge < -0.3 is 19.4 Å². The first kappa shape index (κ1) is 20.0. The van der Waals surface area contributed by atoms with Crippen molar-refractivity contribution in [3.63, 3.8) is 0 Å². The summed E-state index contributed by atoms with van der Waals surface area (Å²) in [5, 5.41) is 0. The molecule has 0 saturated carbocycles. The molecular formula is C24H28N4O3. The summed E-state index contributed by atoms with van der Waals surface area (Å²) < 4.78 is 10.7. The van der Waals surface area contributed by atoms with Gasteiger partial charge in [-0.3, -0.25) is 4.79 Å². The van der Waals surface area contributed by atoms with Gasteiger partial charge in [0.05, 0.1) is 12.6 Å². The number of nitrogens with zero attached hydrogens (tertiary/aromatic N) is 3. The number of methoxy groups -OCH3 is 1. The predicted octanol–water partition coefficient (Wildman–Crippen LogP) is 3.57. The minimum absolute atomic E-state index is 0.0867. The van der Waals surface area contributed by atoms with Crippen LogP contribution < -0.4 is 4.74 Å². The monoisotopic (exact) mass is 420 g/mol. The Morgan fingerprint density at radius 2 is 2.00 bits per heavy atom. The number of carbonyl (C=O) groups excluding carboxylic acids is 1. The summed E-state index contributed by atoms with van der Waals surface area (Å²) in [4.78, 5) is 27.6. The number of aromatic amines is 1. The van der Waals surface area contributed by atoms with Crippen LogP contribution in [-0.4, -0.2) is 59.2 Å². The van der Waals surface area contributed by atoms with Crippen LogP contribution in [0.5, 0.6) is 5.75 Å². The molecule has 2 aliphatic rings. The van der Waals surface area contributed by atoms with Gasteiger partial charge in [0.1, 0.15) is 11.6 Å². The molecule has 7 nitrogen and oxygen atoms in total. The van der Waals surface area contributed by atoms with E-state index in [0.29, 0.717) is 17.4 Å².